The van der Waals surface area contributed by atoms with E-state index in [0.29, 0.717) is 17.1 Å². The summed E-state index contributed by atoms with van der Waals surface area (Å²) in [6.45, 7) is 1.88. The Bertz CT molecular complexity index is 1150. The van der Waals surface area contributed by atoms with Gasteiger partial charge >= 0.3 is 0 Å². The molecule has 0 fully saturated rings. The Kier molecular flexibility index (Phi) is 4.97. The summed E-state index contributed by atoms with van der Waals surface area (Å²) in [5, 5.41) is 18.1. The summed E-state index contributed by atoms with van der Waals surface area (Å²) in [4.78, 5) is 24.7. The van der Waals surface area contributed by atoms with Gasteiger partial charge in [-0.2, -0.15) is 5.10 Å². The Hall–Kier alpha value is -4.08. The van der Waals surface area contributed by atoms with Gasteiger partial charge in [0.05, 0.1) is 24.4 Å². The van der Waals surface area contributed by atoms with Crippen LogP contribution in [0.3, 0.4) is 0 Å². The lowest BCUT2D eigenvalue weighted by Crippen LogP contribution is -2.31. The highest BCUT2D eigenvalue weighted by Gasteiger charge is 2.16. The van der Waals surface area contributed by atoms with Crippen LogP contribution in [-0.2, 0) is 11.3 Å². The number of aromatic nitrogens is 6. The molecule has 0 unspecified atom stereocenters. The highest BCUT2D eigenvalue weighted by atomic mass is 16.3. The maximum atomic E-state index is 12.5. The van der Waals surface area contributed by atoms with Crippen LogP contribution in [-0.4, -0.2) is 35.9 Å². The number of hydrogen-bond donors (Lipinski definition) is 1. The Morgan fingerprint density at radius 1 is 1.17 bits per heavy atom. The van der Waals surface area contributed by atoms with Crippen molar-refractivity contribution in [3.8, 4) is 17.1 Å². The molecule has 0 aliphatic heterocycles. The summed E-state index contributed by atoms with van der Waals surface area (Å²) in [7, 11) is 0. The smallest absolute Gasteiger partial charge is 0.266 e. The Morgan fingerprint density at radius 2 is 2.00 bits per heavy atom. The van der Waals surface area contributed by atoms with E-state index in [1.165, 1.54) is 28.0 Å². The third-order valence-corrected chi connectivity index (χ3v) is 4.28. The largest absolute Gasteiger partial charge is 0.463 e. The topological polar surface area (TPSA) is 121 Å². The van der Waals surface area contributed by atoms with Gasteiger partial charge in [-0.15, -0.1) is 5.10 Å². The molecule has 0 aliphatic rings. The van der Waals surface area contributed by atoms with E-state index in [2.05, 4.69) is 25.9 Å². The fourth-order valence-corrected chi connectivity index (χ4v) is 2.72. The minimum absolute atomic E-state index is 0.141. The van der Waals surface area contributed by atoms with Crippen molar-refractivity contribution in [2.45, 2.75) is 13.5 Å². The number of nitrogens with one attached hydrogen (secondary N) is 1. The third kappa shape index (κ3) is 4.10. The van der Waals surface area contributed by atoms with Gasteiger partial charge in [-0.25, -0.2) is 9.36 Å². The number of tetrazole rings is 1. The van der Waals surface area contributed by atoms with Crippen LogP contribution in [0.15, 0.2) is 70.3 Å². The molecule has 1 atom stereocenters. The molecule has 1 N–H and O–H groups in total. The molecule has 3 heterocycles. The first-order chi connectivity index (χ1) is 14.1. The van der Waals surface area contributed by atoms with Gasteiger partial charge in [-0.3, -0.25) is 9.59 Å². The van der Waals surface area contributed by atoms with Crippen molar-refractivity contribution in [2.24, 2.45) is 5.92 Å². The van der Waals surface area contributed by atoms with Crippen LogP contribution in [0.1, 0.15) is 6.92 Å². The van der Waals surface area contributed by atoms with Gasteiger partial charge in [-0.1, -0.05) is 6.92 Å². The Balaban J connectivity index is 1.43. The Morgan fingerprint density at radius 3 is 2.69 bits per heavy atom. The van der Waals surface area contributed by atoms with Crippen LogP contribution < -0.4 is 10.9 Å². The molecule has 10 heteroatoms. The van der Waals surface area contributed by atoms with Crippen molar-refractivity contribution in [3.63, 3.8) is 0 Å². The second-order valence-electron chi connectivity index (χ2n) is 6.41. The zero-order valence-electron chi connectivity index (χ0n) is 15.5. The fraction of sp³-hybridized carbons (Fsp3) is 0.158. The van der Waals surface area contributed by atoms with E-state index >= 15 is 0 Å². The number of hydrogen-bond acceptors (Lipinski definition) is 7. The van der Waals surface area contributed by atoms with E-state index in [1.807, 2.05) is 0 Å². The number of amides is 1. The van der Waals surface area contributed by atoms with Crippen LogP contribution in [0.25, 0.3) is 17.1 Å². The molecule has 146 valence electrons. The zero-order chi connectivity index (χ0) is 20.2. The van der Waals surface area contributed by atoms with Crippen molar-refractivity contribution in [1.29, 1.82) is 0 Å². The van der Waals surface area contributed by atoms with Gasteiger partial charge in [0.15, 0.2) is 5.76 Å². The predicted molar refractivity (Wildman–Crippen MR) is 103 cm³/mol. The number of carbonyl (C=O) groups excluding carboxylic acids is 1. The van der Waals surface area contributed by atoms with Gasteiger partial charge < -0.3 is 9.73 Å². The van der Waals surface area contributed by atoms with Crippen LogP contribution in [0, 0.1) is 5.92 Å². The minimum Gasteiger partial charge on any atom is -0.463 e. The van der Waals surface area contributed by atoms with Gasteiger partial charge in [0.25, 0.3) is 5.56 Å². The number of nitrogens with zero attached hydrogens (tertiary/aromatic N) is 6. The molecule has 1 aromatic carbocycles. The van der Waals surface area contributed by atoms with Gasteiger partial charge in [0.1, 0.15) is 12.0 Å². The first-order valence-electron chi connectivity index (χ1n) is 8.86. The van der Waals surface area contributed by atoms with Crippen molar-refractivity contribution >= 4 is 11.6 Å². The molecule has 4 rings (SSSR count). The van der Waals surface area contributed by atoms with E-state index in [4.69, 9.17) is 4.42 Å². The highest BCUT2D eigenvalue weighted by Crippen LogP contribution is 2.16. The quantitative estimate of drug-likeness (QED) is 0.531. The summed E-state index contributed by atoms with van der Waals surface area (Å²) in [5.41, 5.74) is 1.64. The monoisotopic (exact) mass is 391 g/mol. The molecule has 10 nitrogen and oxygen atoms in total. The number of anilines is 1. The summed E-state index contributed by atoms with van der Waals surface area (Å²) in [5.74, 6) is -0.151. The first kappa shape index (κ1) is 18.3. The summed E-state index contributed by atoms with van der Waals surface area (Å²) in [6, 6.07) is 13.6. The lowest BCUT2D eigenvalue weighted by atomic mass is 10.1. The van der Waals surface area contributed by atoms with Crippen LogP contribution in [0.2, 0.25) is 0 Å². The maximum Gasteiger partial charge on any atom is 0.266 e. The molecule has 0 radical (unpaired) electrons. The molecule has 4 aromatic rings. The van der Waals surface area contributed by atoms with E-state index in [9.17, 15) is 9.59 Å². The Labute approximate surface area is 164 Å². The van der Waals surface area contributed by atoms with Gasteiger partial charge in [-0.05, 0) is 52.9 Å². The molecule has 3 aromatic heterocycles. The van der Waals surface area contributed by atoms with Gasteiger partial charge in [0, 0.05) is 11.8 Å². The molecule has 0 bridgehead atoms. The lowest BCUT2D eigenvalue weighted by molar-refractivity contribution is -0.119. The average Bonchev–Trinajstić information content (AvgIpc) is 3.44. The molecule has 0 saturated heterocycles. The van der Waals surface area contributed by atoms with Crippen molar-refractivity contribution in [1.82, 2.24) is 30.0 Å². The third-order valence-electron chi connectivity index (χ3n) is 4.28. The molecule has 1 amide bonds. The number of rotatable bonds is 6. The molecule has 0 spiro atoms. The second-order valence-corrected chi connectivity index (χ2v) is 6.41. The molecular formula is C19H17N7O3. The van der Waals surface area contributed by atoms with Crippen LogP contribution in [0.5, 0.6) is 0 Å². The van der Waals surface area contributed by atoms with E-state index in [1.54, 1.807) is 49.4 Å². The number of furan rings is 1. The normalized spacial score (nSPS) is 11.9. The number of benzene rings is 1. The molecular weight excluding hydrogens is 374 g/mol. The fourth-order valence-electron chi connectivity index (χ4n) is 2.72. The zero-order valence-corrected chi connectivity index (χ0v) is 15.5. The van der Waals surface area contributed by atoms with Crippen molar-refractivity contribution in [2.75, 3.05) is 5.32 Å². The summed E-state index contributed by atoms with van der Waals surface area (Å²) < 4.78 is 8.09. The van der Waals surface area contributed by atoms with Crippen LogP contribution in [0.4, 0.5) is 5.69 Å². The molecule has 29 heavy (non-hydrogen) atoms. The summed E-state index contributed by atoms with van der Waals surface area (Å²) in [6.07, 6.45) is 3.02. The van der Waals surface area contributed by atoms with E-state index in [-0.39, 0.29) is 18.0 Å². The summed E-state index contributed by atoms with van der Waals surface area (Å²) >= 11 is 0. The highest BCUT2D eigenvalue weighted by molar-refractivity contribution is 5.92. The van der Waals surface area contributed by atoms with Crippen LogP contribution >= 0.6 is 0 Å². The maximum absolute atomic E-state index is 12.5. The predicted octanol–water partition coefficient (Wildman–Crippen LogP) is 1.75. The average molecular weight is 391 g/mol. The lowest BCUT2D eigenvalue weighted by Gasteiger charge is -2.14. The van der Waals surface area contributed by atoms with E-state index < -0.39 is 5.92 Å². The standard InChI is InChI=1S/C19H17N7O3/c1-13(11-25-18(27)9-8-16(22-25)17-3-2-10-29-17)19(28)21-14-4-6-15(7-5-14)26-12-20-23-24-26/h2-10,12-13H,11H2,1H3,(H,21,28)/t13-/m1/s1. The van der Waals surface area contributed by atoms with Crippen molar-refractivity contribution < 1.29 is 9.21 Å². The SMILES string of the molecule is C[C@H](Cn1nc(-c2ccco2)ccc1=O)C(=O)Nc1ccc(-n2cnnn2)cc1. The molecule has 0 aliphatic carbocycles. The van der Waals surface area contributed by atoms with E-state index in [0.717, 1.165) is 5.69 Å². The van der Waals surface area contributed by atoms with Gasteiger partial charge in [0.2, 0.25) is 5.91 Å². The molecule has 0 saturated carbocycles. The number of carbonyl (C=O) groups is 1. The minimum atomic E-state index is -0.480. The first-order valence-corrected chi connectivity index (χ1v) is 8.86. The van der Waals surface area contributed by atoms with Crippen molar-refractivity contribution in [3.05, 3.63) is 71.5 Å². The second kappa shape index (κ2) is 7.89.